The van der Waals surface area contributed by atoms with Crippen LogP contribution in [0.3, 0.4) is 0 Å². The fraction of sp³-hybridized carbons (Fsp3) is 0.440. The highest BCUT2D eigenvalue weighted by molar-refractivity contribution is 6.00. The maximum Gasteiger partial charge on any atom is 0.179 e. The number of benzene rings is 2. The average molecular weight is 403 g/mol. The van der Waals surface area contributed by atoms with Gasteiger partial charge in [0.1, 0.15) is 0 Å². The zero-order valence-corrected chi connectivity index (χ0v) is 17.5. The minimum absolute atomic E-state index is 0.0343. The van der Waals surface area contributed by atoms with Crippen LogP contribution >= 0.6 is 0 Å². The molecule has 0 radical (unpaired) electrons. The van der Waals surface area contributed by atoms with E-state index in [1.165, 1.54) is 24.8 Å². The summed E-state index contributed by atoms with van der Waals surface area (Å²) in [6.07, 6.45) is 7.64. The number of aromatic nitrogens is 2. The van der Waals surface area contributed by atoms with E-state index in [9.17, 15) is 4.79 Å². The minimum atomic E-state index is 0.0343. The summed E-state index contributed by atoms with van der Waals surface area (Å²) in [7, 11) is 0. The first kappa shape index (κ1) is 19.5. The Morgan fingerprint density at radius 3 is 2.73 bits per heavy atom. The van der Waals surface area contributed by atoms with Crippen LogP contribution in [-0.2, 0) is 6.54 Å². The van der Waals surface area contributed by atoms with Crippen molar-refractivity contribution in [1.29, 1.82) is 0 Å². The molecule has 3 aromatic rings. The quantitative estimate of drug-likeness (QED) is 0.658. The molecule has 5 nitrogen and oxygen atoms in total. The van der Waals surface area contributed by atoms with Gasteiger partial charge in [-0.1, -0.05) is 42.8 Å². The summed E-state index contributed by atoms with van der Waals surface area (Å²) in [5.41, 5.74) is 4.18. The first-order valence-corrected chi connectivity index (χ1v) is 11.3. The van der Waals surface area contributed by atoms with Crippen molar-refractivity contribution in [2.24, 2.45) is 0 Å². The van der Waals surface area contributed by atoms with Gasteiger partial charge in [0.15, 0.2) is 5.78 Å². The van der Waals surface area contributed by atoms with Crippen molar-refractivity contribution in [3.8, 4) is 0 Å². The van der Waals surface area contributed by atoms with Crippen LogP contribution < -0.4 is 5.32 Å². The van der Waals surface area contributed by atoms with Gasteiger partial charge in [0, 0.05) is 24.7 Å². The fourth-order valence-corrected chi connectivity index (χ4v) is 5.09. The number of nitrogens with zero attached hydrogens (tertiary/aromatic N) is 3. The largest absolute Gasteiger partial charge is 0.326 e. The smallest absolute Gasteiger partial charge is 0.179 e. The van der Waals surface area contributed by atoms with Gasteiger partial charge in [-0.3, -0.25) is 9.69 Å². The Kier molecular flexibility index (Phi) is 5.65. The monoisotopic (exact) mass is 402 g/mol. The lowest BCUT2D eigenvalue weighted by atomic mass is 9.91. The van der Waals surface area contributed by atoms with E-state index in [0.717, 1.165) is 55.6 Å². The molecule has 0 spiro atoms. The van der Waals surface area contributed by atoms with Gasteiger partial charge in [0.25, 0.3) is 0 Å². The van der Waals surface area contributed by atoms with Gasteiger partial charge in [-0.2, -0.15) is 0 Å². The molecule has 5 rings (SSSR count). The van der Waals surface area contributed by atoms with Crippen molar-refractivity contribution in [3.63, 3.8) is 0 Å². The molecule has 0 bridgehead atoms. The number of likely N-dealkylation sites (tertiary alicyclic amines) is 1. The third-order valence-electron chi connectivity index (χ3n) is 6.71. The van der Waals surface area contributed by atoms with E-state index in [1.54, 1.807) is 0 Å². The number of fused-ring (bicyclic) bond motifs is 1. The van der Waals surface area contributed by atoms with E-state index >= 15 is 0 Å². The molecule has 0 amide bonds. The summed E-state index contributed by atoms with van der Waals surface area (Å²) in [5, 5.41) is 3.51. The topological polar surface area (TPSA) is 50.2 Å². The fourth-order valence-electron chi connectivity index (χ4n) is 5.09. The number of hydrogen-bond donors (Lipinski definition) is 1. The summed E-state index contributed by atoms with van der Waals surface area (Å²) in [6, 6.07) is 16.9. The molecule has 1 N–H and O–H groups in total. The Morgan fingerprint density at radius 2 is 1.90 bits per heavy atom. The van der Waals surface area contributed by atoms with Gasteiger partial charge in [0.2, 0.25) is 0 Å². The van der Waals surface area contributed by atoms with Crippen molar-refractivity contribution in [3.05, 3.63) is 66.0 Å². The van der Waals surface area contributed by atoms with Gasteiger partial charge in [-0.15, -0.1) is 0 Å². The van der Waals surface area contributed by atoms with Crippen molar-refractivity contribution in [1.82, 2.24) is 19.8 Å². The molecule has 0 saturated carbocycles. The molecule has 2 aliphatic heterocycles. The highest BCUT2D eigenvalue weighted by Gasteiger charge is 2.34. The maximum atomic E-state index is 13.4. The Morgan fingerprint density at radius 1 is 1.03 bits per heavy atom. The maximum absolute atomic E-state index is 13.4. The Bertz CT molecular complexity index is 1000. The number of para-hydroxylation sites is 2. The first-order chi connectivity index (χ1) is 14.8. The summed E-state index contributed by atoms with van der Waals surface area (Å²) >= 11 is 0. The Balaban J connectivity index is 1.31. The van der Waals surface area contributed by atoms with Crippen LogP contribution in [0.25, 0.3) is 11.0 Å². The lowest BCUT2D eigenvalue weighted by Gasteiger charge is -2.42. The summed E-state index contributed by atoms with van der Waals surface area (Å²) in [6.45, 7) is 3.94. The molecule has 2 aliphatic rings. The second-order valence-electron chi connectivity index (χ2n) is 8.67. The number of hydrogen-bond acceptors (Lipinski definition) is 4. The average Bonchev–Trinajstić information content (AvgIpc) is 3.22. The minimum Gasteiger partial charge on any atom is -0.326 e. The number of nitrogens with one attached hydrogen (secondary N) is 1. The molecule has 2 atom stereocenters. The van der Waals surface area contributed by atoms with Crippen LogP contribution in [0, 0.1) is 0 Å². The van der Waals surface area contributed by atoms with E-state index in [4.69, 9.17) is 0 Å². The highest BCUT2D eigenvalue weighted by Crippen LogP contribution is 2.26. The molecule has 2 fully saturated rings. The van der Waals surface area contributed by atoms with E-state index in [1.807, 2.05) is 36.7 Å². The van der Waals surface area contributed by atoms with E-state index in [-0.39, 0.29) is 6.04 Å². The second-order valence-corrected chi connectivity index (χ2v) is 8.67. The molecule has 30 heavy (non-hydrogen) atoms. The predicted molar refractivity (Wildman–Crippen MR) is 120 cm³/mol. The molecule has 1 aromatic heterocycles. The van der Waals surface area contributed by atoms with Crippen LogP contribution in [0.15, 0.2) is 54.9 Å². The van der Waals surface area contributed by atoms with Crippen molar-refractivity contribution < 1.29 is 4.79 Å². The van der Waals surface area contributed by atoms with Crippen LogP contribution in [-0.4, -0.2) is 52.0 Å². The standard InChI is InChI=1S/C25H30N4O/c30-25(24-9-3-4-15-29(24)21-6-5-14-26-16-21)20-12-10-19(11-13-20)17-28-18-27-22-7-1-2-8-23(22)28/h1-2,7-8,10-13,18,21,24,26H,3-6,9,14-17H2. The van der Waals surface area contributed by atoms with Gasteiger partial charge in [-0.05, 0) is 56.5 Å². The molecule has 3 heterocycles. The molecule has 156 valence electrons. The molecule has 2 unspecified atom stereocenters. The molecular formula is C25H30N4O. The third kappa shape index (κ3) is 3.92. The molecule has 5 heteroatoms. The predicted octanol–water partition coefficient (Wildman–Crippen LogP) is 3.87. The molecular weight excluding hydrogens is 372 g/mol. The van der Waals surface area contributed by atoms with E-state index < -0.39 is 0 Å². The van der Waals surface area contributed by atoms with E-state index in [2.05, 4.69) is 38.0 Å². The lowest BCUT2D eigenvalue weighted by molar-refractivity contribution is 0.0563. The SMILES string of the molecule is O=C(c1ccc(Cn2cnc3ccccc32)cc1)C1CCCCN1C1CCCNC1. The number of carbonyl (C=O) groups excluding carboxylic acids is 1. The molecule has 2 aromatic carbocycles. The number of piperidine rings is 2. The first-order valence-electron chi connectivity index (χ1n) is 11.3. The van der Waals surface area contributed by atoms with E-state index in [0.29, 0.717) is 11.8 Å². The second kappa shape index (κ2) is 8.70. The Hall–Kier alpha value is -2.50. The zero-order valence-electron chi connectivity index (χ0n) is 17.5. The van der Waals surface area contributed by atoms with Gasteiger partial charge in [-0.25, -0.2) is 4.98 Å². The molecule has 0 aliphatic carbocycles. The highest BCUT2D eigenvalue weighted by atomic mass is 16.1. The van der Waals surface area contributed by atoms with Gasteiger partial charge >= 0.3 is 0 Å². The summed E-state index contributed by atoms with van der Waals surface area (Å²) in [5.74, 6) is 0.292. The van der Waals surface area contributed by atoms with Crippen molar-refractivity contribution in [2.45, 2.75) is 50.7 Å². The van der Waals surface area contributed by atoms with Crippen molar-refractivity contribution in [2.75, 3.05) is 19.6 Å². The Labute approximate surface area is 178 Å². The number of rotatable bonds is 5. The van der Waals surface area contributed by atoms with Crippen LogP contribution in [0.1, 0.15) is 48.0 Å². The normalized spacial score (nSPS) is 22.9. The van der Waals surface area contributed by atoms with Crippen LogP contribution in [0.4, 0.5) is 0 Å². The summed E-state index contributed by atoms with van der Waals surface area (Å²) in [4.78, 5) is 20.3. The third-order valence-corrected chi connectivity index (χ3v) is 6.71. The van der Waals surface area contributed by atoms with Crippen molar-refractivity contribution >= 4 is 16.8 Å². The van der Waals surface area contributed by atoms with Crippen LogP contribution in [0.5, 0.6) is 0 Å². The number of imidazole rings is 1. The van der Waals surface area contributed by atoms with Gasteiger partial charge in [0.05, 0.1) is 23.4 Å². The number of carbonyl (C=O) groups is 1. The van der Waals surface area contributed by atoms with Gasteiger partial charge < -0.3 is 9.88 Å². The number of Topliss-reactive ketones (excluding diaryl/α,β-unsaturated/α-hetero) is 1. The number of ketones is 1. The molecule has 2 saturated heterocycles. The zero-order chi connectivity index (χ0) is 20.3. The summed E-state index contributed by atoms with van der Waals surface area (Å²) < 4.78 is 2.16. The lowest BCUT2D eigenvalue weighted by Crippen LogP contribution is -2.54. The van der Waals surface area contributed by atoms with Crippen LogP contribution in [0.2, 0.25) is 0 Å².